The Hall–Kier alpha value is 0. The van der Waals surface area contributed by atoms with E-state index in [4.69, 9.17) is 0 Å². The third kappa shape index (κ3) is 1.60. The molecule has 2 bridgehead atoms. The van der Waals surface area contributed by atoms with Gasteiger partial charge in [0.05, 0.1) is 0 Å². The van der Waals surface area contributed by atoms with Gasteiger partial charge in [0, 0.05) is 0 Å². The highest BCUT2D eigenvalue weighted by molar-refractivity contribution is 5.13. The molecular weight excluding hydrogens is 240 g/mol. The first kappa shape index (κ1) is 13.6. The molecule has 0 radical (unpaired) electrons. The summed E-state index contributed by atoms with van der Waals surface area (Å²) in [6.07, 6.45) is 15.4. The van der Waals surface area contributed by atoms with Gasteiger partial charge in [-0.1, -0.05) is 34.1 Å². The Morgan fingerprint density at radius 2 is 1.45 bits per heavy atom. The van der Waals surface area contributed by atoms with E-state index < -0.39 is 0 Å². The van der Waals surface area contributed by atoms with Crippen LogP contribution >= 0.6 is 0 Å². The molecule has 4 saturated carbocycles. The fourth-order valence-electron chi connectivity index (χ4n) is 8.04. The Bertz CT molecular complexity index is 422. The van der Waals surface area contributed by atoms with Crippen LogP contribution in [0.5, 0.6) is 0 Å². The van der Waals surface area contributed by atoms with Gasteiger partial charge in [0.15, 0.2) is 0 Å². The molecule has 0 aliphatic heterocycles. The van der Waals surface area contributed by atoms with Crippen LogP contribution in [0.2, 0.25) is 0 Å². The van der Waals surface area contributed by atoms with Crippen LogP contribution in [0.25, 0.3) is 0 Å². The highest BCUT2D eigenvalue weighted by Gasteiger charge is 2.64. The maximum Gasteiger partial charge on any atom is -0.0258 e. The Kier molecular flexibility index (Phi) is 2.63. The SMILES string of the molecule is CC1(C)CCC[C@]2(C)[C@@H]1CC[C@@]13CC[C@@](C)(CC[C@H]12)C3. The molecule has 5 atom stereocenters. The lowest BCUT2D eigenvalue weighted by Gasteiger charge is -2.64. The number of hydrogen-bond donors (Lipinski definition) is 0. The molecule has 114 valence electrons. The van der Waals surface area contributed by atoms with E-state index in [2.05, 4.69) is 27.7 Å². The molecular formula is C20H34. The molecule has 0 nitrogen and oxygen atoms in total. The molecule has 0 aromatic carbocycles. The molecule has 0 N–H and O–H groups in total. The van der Waals surface area contributed by atoms with Gasteiger partial charge in [0.1, 0.15) is 0 Å². The molecule has 0 saturated heterocycles. The van der Waals surface area contributed by atoms with Crippen LogP contribution in [0.4, 0.5) is 0 Å². The van der Waals surface area contributed by atoms with Gasteiger partial charge < -0.3 is 0 Å². The molecule has 4 aliphatic carbocycles. The summed E-state index contributed by atoms with van der Waals surface area (Å²) in [5, 5.41) is 0. The zero-order chi connectivity index (χ0) is 14.2. The van der Waals surface area contributed by atoms with Crippen molar-refractivity contribution >= 4 is 0 Å². The highest BCUT2D eigenvalue weighted by atomic mass is 14.7. The van der Waals surface area contributed by atoms with Crippen LogP contribution in [-0.2, 0) is 0 Å². The molecule has 0 heterocycles. The van der Waals surface area contributed by atoms with E-state index in [0.29, 0.717) is 10.8 Å². The summed E-state index contributed by atoms with van der Waals surface area (Å²) in [5.41, 5.74) is 2.77. The molecule has 0 aromatic rings. The van der Waals surface area contributed by atoms with Crippen molar-refractivity contribution in [1.29, 1.82) is 0 Å². The van der Waals surface area contributed by atoms with E-state index in [1.807, 2.05) is 0 Å². The average Bonchev–Trinajstić information content (AvgIpc) is 2.58. The monoisotopic (exact) mass is 274 g/mol. The fraction of sp³-hybridized carbons (Fsp3) is 1.00. The normalized spacial score (nSPS) is 57.0. The predicted octanol–water partition coefficient (Wildman–Crippen LogP) is 6.20. The molecule has 4 rings (SSSR count). The maximum absolute atomic E-state index is 2.71. The van der Waals surface area contributed by atoms with Gasteiger partial charge in [-0.3, -0.25) is 0 Å². The van der Waals surface area contributed by atoms with Gasteiger partial charge in [0.25, 0.3) is 0 Å². The third-order valence-corrected chi connectivity index (χ3v) is 8.78. The first-order valence-corrected chi connectivity index (χ1v) is 9.30. The lowest BCUT2D eigenvalue weighted by Crippen LogP contribution is -2.56. The van der Waals surface area contributed by atoms with Crippen molar-refractivity contribution in [2.24, 2.45) is 33.5 Å². The minimum Gasteiger partial charge on any atom is -0.0596 e. The summed E-state index contributed by atoms with van der Waals surface area (Å²) in [7, 11) is 0. The van der Waals surface area contributed by atoms with Crippen molar-refractivity contribution in [3.8, 4) is 0 Å². The standard InChI is InChI=1S/C20H34/c1-17(2)8-5-9-19(4)15(17)7-11-20-13-12-18(3,14-20)10-6-16(19)20/h15-16H,5-14H2,1-4H3/t15-,16+,18-,19-,20+/m1/s1. The maximum atomic E-state index is 2.71. The van der Waals surface area contributed by atoms with Gasteiger partial charge in [-0.05, 0) is 91.3 Å². The van der Waals surface area contributed by atoms with Gasteiger partial charge in [-0.25, -0.2) is 0 Å². The summed E-state index contributed by atoms with van der Waals surface area (Å²) < 4.78 is 0. The average molecular weight is 274 g/mol. The molecule has 1 spiro atoms. The summed E-state index contributed by atoms with van der Waals surface area (Å²) in [6.45, 7) is 10.5. The minimum absolute atomic E-state index is 0.605. The van der Waals surface area contributed by atoms with E-state index in [-0.39, 0.29) is 0 Å². The van der Waals surface area contributed by atoms with Gasteiger partial charge in [-0.15, -0.1) is 0 Å². The summed E-state index contributed by atoms with van der Waals surface area (Å²) in [5.74, 6) is 2.06. The van der Waals surface area contributed by atoms with Crippen LogP contribution in [0.1, 0.15) is 91.9 Å². The van der Waals surface area contributed by atoms with Gasteiger partial charge >= 0.3 is 0 Å². The highest BCUT2D eigenvalue weighted by Crippen LogP contribution is 2.73. The largest absolute Gasteiger partial charge is 0.0596 e. The topological polar surface area (TPSA) is 0 Å². The molecule has 4 fully saturated rings. The van der Waals surface area contributed by atoms with Crippen molar-refractivity contribution in [2.45, 2.75) is 91.9 Å². The van der Waals surface area contributed by atoms with Crippen LogP contribution in [-0.4, -0.2) is 0 Å². The van der Waals surface area contributed by atoms with E-state index >= 15 is 0 Å². The Morgan fingerprint density at radius 1 is 0.700 bits per heavy atom. The zero-order valence-electron chi connectivity index (χ0n) is 14.2. The Balaban J connectivity index is 1.73. The van der Waals surface area contributed by atoms with Gasteiger partial charge in [0.2, 0.25) is 0 Å². The number of rotatable bonds is 0. The molecule has 0 aromatic heterocycles. The zero-order valence-corrected chi connectivity index (χ0v) is 14.2. The van der Waals surface area contributed by atoms with Crippen molar-refractivity contribution < 1.29 is 0 Å². The lowest BCUT2D eigenvalue weighted by atomic mass is 9.40. The van der Waals surface area contributed by atoms with E-state index in [9.17, 15) is 0 Å². The second kappa shape index (κ2) is 3.85. The number of hydrogen-bond acceptors (Lipinski definition) is 0. The van der Waals surface area contributed by atoms with Crippen molar-refractivity contribution in [1.82, 2.24) is 0 Å². The molecule has 0 unspecified atom stereocenters. The van der Waals surface area contributed by atoms with Crippen molar-refractivity contribution in [2.75, 3.05) is 0 Å². The van der Waals surface area contributed by atoms with Crippen LogP contribution in [0.3, 0.4) is 0 Å². The van der Waals surface area contributed by atoms with Crippen molar-refractivity contribution in [3.63, 3.8) is 0 Å². The Morgan fingerprint density at radius 3 is 2.25 bits per heavy atom. The van der Waals surface area contributed by atoms with E-state index in [0.717, 1.165) is 22.7 Å². The smallest absolute Gasteiger partial charge is 0.0258 e. The van der Waals surface area contributed by atoms with Crippen LogP contribution < -0.4 is 0 Å². The summed E-state index contributed by atoms with van der Waals surface area (Å²) in [6, 6.07) is 0. The van der Waals surface area contributed by atoms with Crippen molar-refractivity contribution in [3.05, 3.63) is 0 Å². The predicted molar refractivity (Wildman–Crippen MR) is 85.6 cm³/mol. The summed E-state index contributed by atoms with van der Waals surface area (Å²) >= 11 is 0. The molecule has 0 amide bonds. The second-order valence-electron chi connectivity index (χ2n) is 10.4. The first-order chi connectivity index (χ1) is 9.30. The molecule has 4 aliphatic rings. The fourth-order valence-corrected chi connectivity index (χ4v) is 8.04. The first-order valence-electron chi connectivity index (χ1n) is 9.30. The van der Waals surface area contributed by atoms with Gasteiger partial charge in [-0.2, -0.15) is 0 Å². The number of fused-ring (bicyclic) bond motifs is 3. The minimum atomic E-state index is 0.605. The van der Waals surface area contributed by atoms with E-state index in [1.54, 1.807) is 25.7 Å². The second-order valence-corrected chi connectivity index (χ2v) is 10.4. The molecule has 20 heavy (non-hydrogen) atoms. The van der Waals surface area contributed by atoms with Crippen LogP contribution in [0, 0.1) is 33.5 Å². The Labute approximate surface area is 126 Å². The quantitative estimate of drug-likeness (QED) is 0.493. The van der Waals surface area contributed by atoms with E-state index in [1.165, 1.54) is 38.5 Å². The summed E-state index contributed by atoms with van der Waals surface area (Å²) in [4.78, 5) is 0. The lowest BCUT2D eigenvalue weighted by molar-refractivity contribution is -0.149. The van der Waals surface area contributed by atoms with Crippen LogP contribution in [0.15, 0.2) is 0 Å². The molecule has 0 heteroatoms. The third-order valence-electron chi connectivity index (χ3n) is 8.78.